The number of benzene rings is 1. The van der Waals surface area contributed by atoms with Crippen molar-refractivity contribution in [2.24, 2.45) is 5.92 Å². The van der Waals surface area contributed by atoms with Crippen LogP contribution < -0.4 is 11.2 Å². The minimum Gasteiger partial charge on any atom is -0.353 e. The number of nitrogens with two attached hydrogens (primary N) is 1. The zero-order chi connectivity index (χ0) is 17.0. The molecule has 23 heavy (non-hydrogen) atoms. The zero-order valence-electron chi connectivity index (χ0n) is 13.3. The van der Waals surface area contributed by atoms with E-state index in [4.69, 9.17) is 5.84 Å². The predicted octanol–water partition coefficient (Wildman–Crippen LogP) is 2.05. The van der Waals surface area contributed by atoms with Crippen LogP contribution in [0.2, 0.25) is 0 Å². The molecule has 0 aliphatic carbocycles. The van der Waals surface area contributed by atoms with Crippen molar-refractivity contribution in [1.82, 2.24) is 20.2 Å². The Morgan fingerprint density at radius 2 is 1.96 bits per heavy atom. The number of carbonyl (C=O) groups is 1. The third-order valence-corrected chi connectivity index (χ3v) is 4.43. The molecule has 1 atom stereocenters. The van der Waals surface area contributed by atoms with Crippen molar-refractivity contribution >= 4 is 17.7 Å². The lowest BCUT2D eigenvalue weighted by Gasteiger charge is -2.16. The number of thioether (sulfide) groups is 1. The number of halogens is 1. The summed E-state index contributed by atoms with van der Waals surface area (Å²) in [5, 5.41) is 11.3. The first kappa shape index (κ1) is 17.3. The summed E-state index contributed by atoms with van der Waals surface area (Å²) in [7, 11) is 0. The third kappa shape index (κ3) is 4.44. The summed E-state index contributed by atoms with van der Waals surface area (Å²) < 4.78 is 14.3. The largest absolute Gasteiger partial charge is 0.353 e. The van der Waals surface area contributed by atoms with Crippen LogP contribution in [0.3, 0.4) is 0 Å². The van der Waals surface area contributed by atoms with Crippen LogP contribution in [-0.2, 0) is 4.79 Å². The van der Waals surface area contributed by atoms with Gasteiger partial charge in [-0.1, -0.05) is 25.6 Å². The number of hydrogen-bond acceptors (Lipinski definition) is 5. The van der Waals surface area contributed by atoms with Gasteiger partial charge in [0.15, 0.2) is 5.82 Å². The van der Waals surface area contributed by atoms with Crippen molar-refractivity contribution in [2.75, 3.05) is 11.6 Å². The van der Waals surface area contributed by atoms with Gasteiger partial charge in [-0.15, -0.1) is 10.2 Å². The molecule has 0 radical (unpaired) electrons. The number of aromatic nitrogens is 3. The van der Waals surface area contributed by atoms with Crippen molar-refractivity contribution in [2.45, 2.75) is 32.0 Å². The fraction of sp³-hybridized carbons (Fsp3) is 0.400. The highest BCUT2D eigenvalue weighted by molar-refractivity contribution is 7.99. The van der Waals surface area contributed by atoms with E-state index in [0.29, 0.717) is 22.5 Å². The van der Waals surface area contributed by atoms with Crippen LogP contribution in [-0.4, -0.2) is 32.6 Å². The summed E-state index contributed by atoms with van der Waals surface area (Å²) in [6.45, 7) is 6.05. The van der Waals surface area contributed by atoms with Gasteiger partial charge in [-0.25, -0.2) is 9.07 Å². The van der Waals surface area contributed by atoms with E-state index in [9.17, 15) is 9.18 Å². The van der Waals surface area contributed by atoms with Gasteiger partial charge < -0.3 is 11.2 Å². The number of nitrogen functional groups attached to an aromatic ring is 1. The normalized spacial score (nSPS) is 12.4. The maximum absolute atomic E-state index is 13.0. The predicted molar refractivity (Wildman–Crippen MR) is 88.7 cm³/mol. The van der Waals surface area contributed by atoms with Gasteiger partial charge in [0.1, 0.15) is 5.82 Å². The number of rotatable bonds is 6. The topological polar surface area (TPSA) is 85.8 Å². The molecule has 0 unspecified atom stereocenters. The molecule has 124 valence electrons. The first-order valence-electron chi connectivity index (χ1n) is 7.27. The van der Waals surface area contributed by atoms with Gasteiger partial charge in [-0.2, -0.15) is 0 Å². The highest BCUT2D eigenvalue weighted by Crippen LogP contribution is 2.21. The standard InChI is InChI=1S/C15H20FN5OS/c1-9(2)10(3)18-13(22)8-23-15-20-19-14(21(15)17)11-4-6-12(16)7-5-11/h4-7,9-10H,8,17H2,1-3H3,(H,18,22)/t10-/m1/s1. The summed E-state index contributed by atoms with van der Waals surface area (Å²) in [5.41, 5.74) is 0.658. The van der Waals surface area contributed by atoms with E-state index >= 15 is 0 Å². The number of nitrogens with one attached hydrogen (secondary N) is 1. The quantitative estimate of drug-likeness (QED) is 0.622. The number of hydrogen-bond donors (Lipinski definition) is 2. The Kier molecular flexibility index (Phi) is 5.59. The maximum atomic E-state index is 13.0. The van der Waals surface area contributed by atoms with Crippen molar-refractivity contribution in [3.63, 3.8) is 0 Å². The summed E-state index contributed by atoms with van der Waals surface area (Å²) >= 11 is 1.21. The van der Waals surface area contributed by atoms with Crippen molar-refractivity contribution in [3.05, 3.63) is 30.1 Å². The Morgan fingerprint density at radius 1 is 1.30 bits per heavy atom. The first-order chi connectivity index (χ1) is 10.9. The SMILES string of the molecule is CC(C)[C@@H](C)NC(=O)CSc1nnc(-c2ccc(F)cc2)n1N. The van der Waals surface area contributed by atoms with Crippen LogP contribution in [0, 0.1) is 11.7 Å². The number of amides is 1. The van der Waals surface area contributed by atoms with Gasteiger partial charge in [-0.3, -0.25) is 4.79 Å². The fourth-order valence-electron chi connectivity index (χ4n) is 1.76. The monoisotopic (exact) mass is 337 g/mol. The fourth-order valence-corrected chi connectivity index (χ4v) is 2.43. The van der Waals surface area contributed by atoms with Gasteiger partial charge in [0.2, 0.25) is 11.1 Å². The van der Waals surface area contributed by atoms with Crippen LogP contribution in [0.4, 0.5) is 4.39 Å². The molecule has 0 aliphatic heterocycles. The molecule has 6 nitrogen and oxygen atoms in total. The second-order valence-corrected chi connectivity index (χ2v) is 6.51. The van der Waals surface area contributed by atoms with Gasteiger partial charge >= 0.3 is 0 Å². The number of carbonyl (C=O) groups excluding carboxylic acids is 1. The lowest BCUT2D eigenvalue weighted by atomic mass is 10.1. The second-order valence-electron chi connectivity index (χ2n) is 5.57. The average Bonchev–Trinajstić information content (AvgIpc) is 2.87. The van der Waals surface area contributed by atoms with Crippen LogP contribution in [0.15, 0.2) is 29.4 Å². The smallest absolute Gasteiger partial charge is 0.230 e. The molecule has 2 aromatic rings. The molecule has 0 saturated carbocycles. The van der Waals surface area contributed by atoms with E-state index in [0.717, 1.165) is 0 Å². The Morgan fingerprint density at radius 3 is 2.57 bits per heavy atom. The summed E-state index contributed by atoms with van der Waals surface area (Å²) in [6.07, 6.45) is 0. The van der Waals surface area contributed by atoms with Crippen LogP contribution >= 0.6 is 11.8 Å². The highest BCUT2D eigenvalue weighted by atomic mass is 32.2. The molecule has 0 fully saturated rings. The molecule has 1 aromatic heterocycles. The van der Waals surface area contributed by atoms with E-state index < -0.39 is 0 Å². The molecule has 8 heteroatoms. The molecule has 1 heterocycles. The summed E-state index contributed by atoms with van der Waals surface area (Å²) in [5.74, 6) is 6.53. The maximum Gasteiger partial charge on any atom is 0.230 e. The van der Waals surface area contributed by atoms with Gasteiger partial charge in [-0.05, 0) is 37.1 Å². The lowest BCUT2D eigenvalue weighted by molar-refractivity contribution is -0.119. The minimum atomic E-state index is -0.331. The zero-order valence-corrected chi connectivity index (χ0v) is 14.1. The lowest BCUT2D eigenvalue weighted by Crippen LogP contribution is -2.37. The molecular formula is C15H20FN5OS. The Bertz CT molecular complexity index is 671. The molecule has 1 amide bonds. The van der Waals surface area contributed by atoms with Crippen molar-refractivity contribution in [1.29, 1.82) is 0 Å². The molecule has 0 saturated heterocycles. The van der Waals surface area contributed by atoms with E-state index in [2.05, 4.69) is 15.5 Å². The van der Waals surface area contributed by atoms with E-state index in [1.54, 1.807) is 12.1 Å². The van der Waals surface area contributed by atoms with Crippen LogP contribution in [0.5, 0.6) is 0 Å². The molecule has 3 N–H and O–H groups in total. The second kappa shape index (κ2) is 7.45. The van der Waals surface area contributed by atoms with E-state index in [-0.39, 0.29) is 23.5 Å². The summed E-state index contributed by atoms with van der Waals surface area (Å²) in [4.78, 5) is 11.9. The first-order valence-corrected chi connectivity index (χ1v) is 8.25. The van der Waals surface area contributed by atoms with Gasteiger partial charge in [0, 0.05) is 11.6 Å². The molecule has 0 aliphatic rings. The van der Waals surface area contributed by atoms with E-state index in [1.807, 2.05) is 20.8 Å². The number of nitrogens with zero attached hydrogens (tertiary/aromatic N) is 3. The molecule has 2 rings (SSSR count). The Balaban J connectivity index is 2.00. The Labute approximate surface area is 138 Å². The highest BCUT2D eigenvalue weighted by Gasteiger charge is 2.15. The third-order valence-electron chi connectivity index (χ3n) is 3.49. The average molecular weight is 337 g/mol. The summed E-state index contributed by atoms with van der Waals surface area (Å²) in [6, 6.07) is 5.92. The molecule has 0 bridgehead atoms. The van der Waals surface area contributed by atoms with Crippen molar-refractivity contribution < 1.29 is 9.18 Å². The van der Waals surface area contributed by atoms with Crippen LogP contribution in [0.25, 0.3) is 11.4 Å². The minimum absolute atomic E-state index is 0.0810. The van der Waals surface area contributed by atoms with Crippen LogP contribution in [0.1, 0.15) is 20.8 Å². The van der Waals surface area contributed by atoms with Gasteiger partial charge in [0.25, 0.3) is 0 Å². The molecule has 1 aromatic carbocycles. The van der Waals surface area contributed by atoms with E-state index in [1.165, 1.54) is 28.6 Å². The molecule has 0 spiro atoms. The Hall–Kier alpha value is -2.09. The van der Waals surface area contributed by atoms with Crippen molar-refractivity contribution in [3.8, 4) is 11.4 Å². The van der Waals surface area contributed by atoms with Gasteiger partial charge in [0.05, 0.1) is 5.75 Å². The molecular weight excluding hydrogens is 317 g/mol.